The minimum atomic E-state index is -1.37. The molecule has 0 bridgehead atoms. The lowest BCUT2D eigenvalue weighted by Crippen LogP contribution is -2.55. The minimum Gasteiger partial charge on any atom is -0.493 e. The van der Waals surface area contributed by atoms with Crippen LogP contribution < -0.4 is 14.8 Å². The van der Waals surface area contributed by atoms with Gasteiger partial charge in [-0.1, -0.05) is 54.1 Å². The molecule has 1 amide bonds. The number of aliphatic carboxylic acids is 1. The molecule has 3 aromatic carbocycles. The molecule has 1 fully saturated rings. The van der Waals surface area contributed by atoms with Crippen LogP contribution in [0.15, 0.2) is 66.7 Å². The molecule has 0 saturated heterocycles. The van der Waals surface area contributed by atoms with Crippen LogP contribution >= 0.6 is 0 Å². The van der Waals surface area contributed by atoms with Gasteiger partial charge in [0.25, 0.3) is 5.91 Å². The predicted molar refractivity (Wildman–Crippen MR) is 132 cm³/mol. The van der Waals surface area contributed by atoms with E-state index in [1.807, 2.05) is 24.3 Å². The summed E-state index contributed by atoms with van der Waals surface area (Å²) in [6.07, 6.45) is 2.59. The number of fused-ring (bicyclic) bond motifs is 1. The Hall–Kier alpha value is -3.80. The average molecular weight is 472 g/mol. The van der Waals surface area contributed by atoms with Crippen molar-refractivity contribution >= 4 is 11.9 Å². The monoisotopic (exact) mass is 471 g/mol. The van der Waals surface area contributed by atoms with Gasteiger partial charge in [-0.2, -0.15) is 0 Å². The van der Waals surface area contributed by atoms with Gasteiger partial charge in [-0.3, -0.25) is 4.79 Å². The van der Waals surface area contributed by atoms with Crippen molar-refractivity contribution in [2.24, 2.45) is 0 Å². The molecule has 0 atom stereocenters. The summed E-state index contributed by atoms with van der Waals surface area (Å²) < 4.78 is 11.7. The molecule has 0 radical (unpaired) electrons. The molecule has 0 heterocycles. The summed E-state index contributed by atoms with van der Waals surface area (Å²) in [5, 5.41) is 12.8. The van der Waals surface area contributed by atoms with Gasteiger partial charge in [0, 0.05) is 23.8 Å². The first-order valence-corrected chi connectivity index (χ1v) is 11.8. The van der Waals surface area contributed by atoms with E-state index in [1.165, 1.54) is 11.1 Å². The van der Waals surface area contributed by atoms with Crippen LogP contribution in [0.1, 0.15) is 45.5 Å². The Morgan fingerprint density at radius 1 is 0.943 bits per heavy atom. The summed E-state index contributed by atoms with van der Waals surface area (Å²) in [6, 6.07) is 21.0. The third kappa shape index (κ3) is 4.36. The maximum atomic E-state index is 13.2. The number of ether oxygens (including phenoxy) is 2. The first-order valence-electron chi connectivity index (χ1n) is 11.8. The maximum Gasteiger partial charge on any atom is 0.330 e. The van der Waals surface area contributed by atoms with Crippen molar-refractivity contribution in [2.75, 3.05) is 13.7 Å². The molecule has 2 N–H and O–H groups in total. The fraction of sp³-hybridized carbons (Fsp3) is 0.310. The summed E-state index contributed by atoms with van der Waals surface area (Å²) >= 11 is 0. The van der Waals surface area contributed by atoms with E-state index in [2.05, 4.69) is 36.5 Å². The van der Waals surface area contributed by atoms with E-state index >= 15 is 0 Å². The minimum absolute atomic E-state index is 0.0295. The van der Waals surface area contributed by atoms with Gasteiger partial charge in [0.1, 0.15) is 5.54 Å². The van der Waals surface area contributed by atoms with Crippen molar-refractivity contribution in [3.8, 4) is 11.5 Å². The number of carboxylic acids is 1. The van der Waals surface area contributed by atoms with Gasteiger partial charge in [0.05, 0.1) is 13.7 Å². The molecule has 1 saturated carbocycles. The molecule has 180 valence electrons. The van der Waals surface area contributed by atoms with Gasteiger partial charge < -0.3 is 19.9 Å². The zero-order chi connectivity index (χ0) is 24.6. The van der Waals surface area contributed by atoms with Crippen LogP contribution in [-0.2, 0) is 23.1 Å². The highest BCUT2D eigenvalue weighted by Gasteiger charge is 2.46. The standard InChI is InChI=1S/C29H29NO5/c1-19-6-5-9-23(14-19)28(12-13-28)18-35-25-15-20(10-11-24(25)34-2)26(31)30-29(27(32)33)16-21-7-3-4-8-22(21)17-29/h3-11,14-15H,12-13,16-18H2,1-2H3,(H,30,31)(H,32,33). The molecule has 0 spiro atoms. The highest BCUT2D eigenvalue weighted by Crippen LogP contribution is 2.49. The highest BCUT2D eigenvalue weighted by atomic mass is 16.5. The second kappa shape index (κ2) is 8.77. The van der Waals surface area contributed by atoms with Gasteiger partial charge in [-0.15, -0.1) is 0 Å². The molecule has 6 heteroatoms. The van der Waals surface area contributed by atoms with Crippen molar-refractivity contribution in [3.05, 3.63) is 94.5 Å². The van der Waals surface area contributed by atoms with Crippen LogP contribution in [0.3, 0.4) is 0 Å². The van der Waals surface area contributed by atoms with E-state index in [1.54, 1.807) is 25.3 Å². The Morgan fingerprint density at radius 3 is 2.26 bits per heavy atom. The van der Waals surface area contributed by atoms with Gasteiger partial charge in [0.2, 0.25) is 0 Å². The van der Waals surface area contributed by atoms with E-state index in [4.69, 9.17) is 9.47 Å². The lowest BCUT2D eigenvalue weighted by atomic mass is 9.95. The number of aryl methyl sites for hydroxylation is 1. The Balaban J connectivity index is 1.35. The molecule has 35 heavy (non-hydrogen) atoms. The Kier molecular flexibility index (Phi) is 5.75. The van der Waals surface area contributed by atoms with E-state index in [0.717, 1.165) is 24.0 Å². The Bertz CT molecular complexity index is 1270. The molecular formula is C29H29NO5. The molecule has 0 aliphatic heterocycles. The lowest BCUT2D eigenvalue weighted by molar-refractivity contribution is -0.144. The SMILES string of the molecule is COc1ccc(C(=O)NC2(C(=O)O)Cc3ccccc3C2)cc1OCC1(c2cccc(C)c2)CC1. The zero-order valence-corrected chi connectivity index (χ0v) is 20.0. The second-order valence-corrected chi connectivity index (χ2v) is 9.77. The van der Waals surface area contributed by atoms with Crippen molar-refractivity contribution in [1.82, 2.24) is 5.32 Å². The molecule has 2 aliphatic rings. The largest absolute Gasteiger partial charge is 0.493 e. The molecule has 6 nitrogen and oxygen atoms in total. The van der Waals surface area contributed by atoms with Crippen molar-refractivity contribution in [2.45, 2.75) is 43.6 Å². The first kappa shape index (κ1) is 23.0. The summed E-state index contributed by atoms with van der Waals surface area (Å²) in [4.78, 5) is 25.5. The zero-order valence-electron chi connectivity index (χ0n) is 20.0. The molecule has 2 aliphatic carbocycles. The van der Waals surface area contributed by atoms with Gasteiger partial charge >= 0.3 is 5.97 Å². The number of hydrogen-bond acceptors (Lipinski definition) is 4. The van der Waals surface area contributed by atoms with Crippen LogP contribution in [0.4, 0.5) is 0 Å². The van der Waals surface area contributed by atoms with Crippen molar-refractivity contribution in [1.29, 1.82) is 0 Å². The fourth-order valence-corrected chi connectivity index (χ4v) is 4.99. The van der Waals surface area contributed by atoms with E-state index in [-0.39, 0.29) is 18.3 Å². The van der Waals surface area contributed by atoms with Gasteiger partial charge in [-0.05, 0) is 54.7 Å². The summed E-state index contributed by atoms with van der Waals surface area (Å²) in [6.45, 7) is 2.56. The second-order valence-electron chi connectivity index (χ2n) is 9.77. The average Bonchev–Trinajstić information content (AvgIpc) is 3.55. The van der Waals surface area contributed by atoms with Crippen LogP contribution in [0.2, 0.25) is 0 Å². The molecule has 3 aromatic rings. The third-order valence-electron chi connectivity index (χ3n) is 7.28. The highest BCUT2D eigenvalue weighted by molar-refractivity contribution is 5.99. The summed E-state index contributed by atoms with van der Waals surface area (Å²) in [5.74, 6) is -0.491. The number of methoxy groups -OCH3 is 1. The third-order valence-corrected chi connectivity index (χ3v) is 7.28. The number of nitrogens with one attached hydrogen (secondary N) is 1. The van der Waals surface area contributed by atoms with E-state index in [0.29, 0.717) is 23.7 Å². The number of carbonyl (C=O) groups excluding carboxylic acids is 1. The Morgan fingerprint density at radius 2 is 1.66 bits per heavy atom. The van der Waals surface area contributed by atoms with Crippen LogP contribution in [-0.4, -0.2) is 36.2 Å². The number of carbonyl (C=O) groups is 2. The summed E-state index contributed by atoms with van der Waals surface area (Å²) in [7, 11) is 1.56. The van der Waals surface area contributed by atoms with Gasteiger partial charge in [-0.25, -0.2) is 4.79 Å². The number of hydrogen-bond donors (Lipinski definition) is 2. The number of rotatable bonds is 8. The van der Waals surface area contributed by atoms with Crippen LogP contribution in [0.5, 0.6) is 11.5 Å². The quantitative estimate of drug-likeness (QED) is 0.507. The Labute approximate surface area is 204 Å². The number of carboxylic acid groups (broad SMARTS) is 1. The summed E-state index contributed by atoms with van der Waals surface area (Å²) in [5.41, 5.74) is 3.29. The predicted octanol–water partition coefficient (Wildman–Crippen LogP) is 4.47. The van der Waals surface area contributed by atoms with Crippen molar-refractivity contribution < 1.29 is 24.2 Å². The molecule has 0 aromatic heterocycles. The smallest absolute Gasteiger partial charge is 0.330 e. The maximum absolute atomic E-state index is 13.2. The van der Waals surface area contributed by atoms with Crippen LogP contribution in [0.25, 0.3) is 0 Å². The number of amides is 1. The lowest BCUT2D eigenvalue weighted by Gasteiger charge is -2.26. The number of benzene rings is 3. The molecule has 0 unspecified atom stereocenters. The van der Waals surface area contributed by atoms with Gasteiger partial charge in [0.15, 0.2) is 11.5 Å². The van der Waals surface area contributed by atoms with Crippen molar-refractivity contribution in [3.63, 3.8) is 0 Å². The van der Waals surface area contributed by atoms with E-state index < -0.39 is 17.4 Å². The normalized spacial score (nSPS) is 16.7. The van der Waals surface area contributed by atoms with E-state index in [9.17, 15) is 14.7 Å². The fourth-order valence-electron chi connectivity index (χ4n) is 4.99. The topological polar surface area (TPSA) is 84.9 Å². The van der Waals surface area contributed by atoms with Crippen LogP contribution in [0, 0.1) is 6.92 Å². The first-order chi connectivity index (χ1) is 16.8. The molecular weight excluding hydrogens is 442 g/mol. The molecule has 5 rings (SSSR count).